The Kier molecular flexibility index (Phi) is 9.74. The van der Waals surface area contributed by atoms with E-state index < -0.39 is 12.1 Å². The van der Waals surface area contributed by atoms with Crippen molar-refractivity contribution in [2.75, 3.05) is 26.6 Å². The summed E-state index contributed by atoms with van der Waals surface area (Å²) in [7, 11) is 4.66. The summed E-state index contributed by atoms with van der Waals surface area (Å²) in [6.07, 6.45) is 3.66. The van der Waals surface area contributed by atoms with Gasteiger partial charge < -0.3 is 30.2 Å². The van der Waals surface area contributed by atoms with Gasteiger partial charge in [0, 0.05) is 18.7 Å². The first-order valence-corrected chi connectivity index (χ1v) is 15.3. The third kappa shape index (κ3) is 6.33. The monoisotopic (exact) mass is 628 g/mol. The molecule has 4 aromatic rings. The second-order valence-corrected chi connectivity index (χ2v) is 11.4. The molecule has 1 aliphatic carbocycles. The number of benzene rings is 1. The standard InChI is InChI=1S/C34H40N6O6/c1-7-19(2)31(34(43)35-18-29-39-38-28-10-8-9-15-40(28)29)37-25-14-12-22-23(17-26(25)42)24(36-20(3)41)13-11-21-16-27(44-4)32(45-5)33(46-6)30(21)22/h8-10,12,14-17,19,24,31H,7,11,13,18H2,1-6H3,(H,35,43)(H,36,41)(H,37,42)/t19-,24+,31+/m1/s1. The minimum absolute atomic E-state index is 0.109. The number of nitrogens with one attached hydrogen (secondary N) is 3. The number of hydrogen-bond donors (Lipinski definition) is 3. The maximum Gasteiger partial charge on any atom is 0.243 e. The number of rotatable bonds is 11. The number of carbonyl (C=O) groups is 2. The Morgan fingerprint density at radius 1 is 1.04 bits per heavy atom. The van der Waals surface area contributed by atoms with Crippen LogP contribution in [0.4, 0.5) is 5.69 Å². The molecule has 0 fully saturated rings. The van der Waals surface area contributed by atoms with E-state index in [2.05, 4.69) is 26.1 Å². The average molecular weight is 629 g/mol. The first kappa shape index (κ1) is 32.3. The van der Waals surface area contributed by atoms with Gasteiger partial charge >= 0.3 is 0 Å². The van der Waals surface area contributed by atoms with Gasteiger partial charge in [0.25, 0.3) is 0 Å². The summed E-state index contributed by atoms with van der Waals surface area (Å²) < 4.78 is 19.0. The summed E-state index contributed by atoms with van der Waals surface area (Å²) in [5, 5.41) is 17.6. The maximum absolute atomic E-state index is 13.9. The van der Waals surface area contributed by atoms with Crippen molar-refractivity contribution in [2.45, 2.75) is 58.7 Å². The molecule has 46 heavy (non-hydrogen) atoms. The summed E-state index contributed by atoms with van der Waals surface area (Å²) >= 11 is 0. The van der Waals surface area contributed by atoms with E-state index in [9.17, 15) is 14.4 Å². The number of ether oxygens (including phenoxy) is 3. The van der Waals surface area contributed by atoms with Gasteiger partial charge in [0.2, 0.25) is 23.0 Å². The molecule has 3 N–H and O–H groups in total. The number of pyridine rings is 1. The summed E-state index contributed by atoms with van der Waals surface area (Å²) in [6, 6.07) is 11.4. The lowest BCUT2D eigenvalue weighted by atomic mass is 9.95. The summed E-state index contributed by atoms with van der Waals surface area (Å²) in [6.45, 7) is 5.57. The van der Waals surface area contributed by atoms with Crippen molar-refractivity contribution >= 4 is 23.1 Å². The van der Waals surface area contributed by atoms with E-state index in [1.165, 1.54) is 13.0 Å². The molecule has 0 bridgehead atoms. The van der Waals surface area contributed by atoms with Crippen LogP contribution in [0.1, 0.15) is 56.6 Å². The molecule has 5 rings (SSSR count). The Bertz CT molecular complexity index is 1820. The molecule has 0 aliphatic heterocycles. The van der Waals surface area contributed by atoms with Crippen LogP contribution >= 0.6 is 0 Å². The van der Waals surface area contributed by atoms with E-state index >= 15 is 0 Å². The zero-order valence-corrected chi connectivity index (χ0v) is 27.0. The predicted octanol–water partition coefficient (Wildman–Crippen LogP) is 4.05. The first-order valence-electron chi connectivity index (χ1n) is 15.3. The smallest absolute Gasteiger partial charge is 0.243 e. The van der Waals surface area contributed by atoms with Crippen molar-refractivity contribution in [3.05, 3.63) is 75.8 Å². The molecule has 242 valence electrons. The van der Waals surface area contributed by atoms with E-state index in [-0.39, 0.29) is 35.4 Å². The lowest BCUT2D eigenvalue weighted by Crippen LogP contribution is -2.44. The zero-order chi connectivity index (χ0) is 33.0. The number of aryl methyl sites for hydroxylation is 1. The van der Waals surface area contributed by atoms with Crippen LogP contribution in [-0.2, 0) is 22.6 Å². The van der Waals surface area contributed by atoms with Crippen molar-refractivity contribution in [3.63, 3.8) is 0 Å². The number of nitrogens with zero attached hydrogens (tertiary/aromatic N) is 3. The number of anilines is 1. The highest BCUT2D eigenvalue weighted by Crippen LogP contribution is 2.50. The van der Waals surface area contributed by atoms with Crippen molar-refractivity contribution < 1.29 is 23.8 Å². The van der Waals surface area contributed by atoms with E-state index in [0.29, 0.717) is 59.1 Å². The quantitative estimate of drug-likeness (QED) is 0.224. The molecule has 12 heteroatoms. The number of fused-ring (bicyclic) bond motifs is 4. The Labute approximate surface area is 267 Å². The Morgan fingerprint density at radius 2 is 1.83 bits per heavy atom. The molecule has 1 aliphatic rings. The molecule has 0 saturated heterocycles. The third-order valence-electron chi connectivity index (χ3n) is 8.53. The van der Waals surface area contributed by atoms with Crippen molar-refractivity contribution in [3.8, 4) is 28.4 Å². The molecule has 12 nitrogen and oxygen atoms in total. The molecule has 2 heterocycles. The highest BCUT2D eigenvalue weighted by atomic mass is 16.5. The number of carbonyl (C=O) groups excluding carboxylic acids is 2. The summed E-state index contributed by atoms with van der Waals surface area (Å²) in [5.74, 6) is 1.41. The highest BCUT2D eigenvalue weighted by molar-refractivity contribution is 5.86. The second kappa shape index (κ2) is 13.9. The van der Waals surface area contributed by atoms with Crippen LogP contribution in [0.15, 0.2) is 53.5 Å². The first-order chi connectivity index (χ1) is 22.2. The lowest BCUT2D eigenvalue weighted by molar-refractivity contribution is -0.123. The molecule has 0 radical (unpaired) electrons. The number of methoxy groups -OCH3 is 3. The van der Waals surface area contributed by atoms with Gasteiger partial charge in [-0.25, -0.2) is 0 Å². The van der Waals surface area contributed by atoms with Gasteiger partial charge in [-0.3, -0.25) is 18.8 Å². The molecule has 3 atom stereocenters. The number of amides is 2. The van der Waals surface area contributed by atoms with Gasteiger partial charge in [0.15, 0.2) is 23.0 Å². The van der Waals surface area contributed by atoms with E-state index in [4.69, 9.17) is 14.2 Å². The molecule has 0 saturated carbocycles. The Morgan fingerprint density at radius 3 is 2.52 bits per heavy atom. The molecule has 2 amide bonds. The number of aromatic nitrogens is 3. The van der Waals surface area contributed by atoms with Crippen molar-refractivity contribution in [1.82, 2.24) is 25.2 Å². The van der Waals surface area contributed by atoms with Crippen LogP contribution in [-0.4, -0.2) is 53.8 Å². The molecular weight excluding hydrogens is 588 g/mol. The Hall–Kier alpha value is -5.13. The third-order valence-corrected chi connectivity index (χ3v) is 8.53. The fraction of sp³-hybridized carbons (Fsp3) is 0.382. The largest absolute Gasteiger partial charge is 0.493 e. The van der Waals surface area contributed by atoms with Gasteiger partial charge in [0.1, 0.15) is 6.04 Å². The van der Waals surface area contributed by atoms with E-state index in [0.717, 1.165) is 11.1 Å². The fourth-order valence-corrected chi connectivity index (χ4v) is 5.98. The van der Waals surface area contributed by atoms with E-state index in [1.54, 1.807) is 27.4 Å². The van der Waals surface area contributed by atoms with Crippen molar-refractivity contribution in [2.24, 2.45) is 5.92 Å². The van der Waals surface area contributed by atoms with Crippen molar-refractivity contribution in [1.29, 1.82) is 0 Å². The SMILES string of the molecule is CC[C@@H](C)[C@H](Nc1ccc2c(cc1=O)[C@@H](NC(C)=O)CCc1cc(OC)c(OC)c(OC)c1-2)C(=O)NCc1nnc2ccccn12. The van der Waals surface area contributed by atoms with Gasteiger partial charge in [-0.1, -0.05) is 32.4 Å². The predicted molar refractivity (Wildman–Crippen MR) is 174 cm³/mol. The second-order valence-electron chi connectivity index (χ2n) is 11.4. The van der Waals surface area contributed by atoms with Gasteiger partial charge in [-0.05, 0) is 65.8 Å². The molecule has 2 aromatic carbocycles. The maximum atomic E-state index is 13.9. The van der Waals surface area contributed by atoms with Gasteiger partial charge in [-0.2, -0.15) is 0 Å². The zero-order valence-electron chi connectivity index (χ0n) is 27.0. The molecule has 2 aromatic heterocycles. The number of hydrogen-bond acceptors (Lipinski definition) is 9. The summed E-state index contributed by atoms with van der Waals surface area (Å²) in [5.41, 5.74) is 3.64. The molecule has 0 unspecified atom stereocenters. The lowest BCUT2D eigenvalue weighted by Gasteiger charge is -2.24. The van der Waals surface area contributed by atoms with E-state index in [1.807, 2.05) is 54.8 Å². The normalized spacial score (nSPS) is 15.0. The van der Waals surface area contributed by atoms with Crippen LogP contribution < -0.4 is 35.6 Å². The minimum atomic E-state index is -0.712. The summed E-state index contributed by atoms with van der Waals surface area (Å²) in [4.78, 5) is 39.8. The molecular formula is C34H40N6O6. The highest BCUT2D eigenvalue weighted by Gasteiger charge is 2.30. The topological polar surface area (TPSA) is 145 Å². The van der Waals surface area contributed by atoms with Crippen LogP contribution in [0, 0.1) is 5.92 Å². The van der Waals surface area contributed by atoms with Gasteiger partial charge in [-0.15, -0.1) is 10.2 Å². The van der Waals surface area contributed by atoms with Crippen LogP contribution in [0.5, 0.6) is 17.2 Å². The Balaban J connectivity index is 1.56. The fourth-order valence-electron chi connectivity index (χ4n) is 5.98. The van der Waals surface area contributed by atoms with Gasteiger partial charge in [0.05, 0.1) is 39.6 Å². The average Bonchev–Trinajstić information content (AvgIpc) is 3.33. The molecule has 0 spiro atoms. The van der Waals surface area contributed by atoms with Crippen LogP contribution in [0.3, 0.4) is 0 Å². The minimum Gasteiger partial charge on any atom is -0.493 e. The van der Waals surface area contributed by atoms with Crippen LogP contribution in [0.25, 0.3) is 16.8 Å². The van der Waals surface area contributed by atoms with Crippen LogP contribution in [0.2, 0.25) is 0 Å².